The predicted octanol–water partition coefficient (Wildman–Crippen LogP) is 2.11. The summed E-state index contributed by atoms with van der Waals surface area (Å²) in [5.41, 5.74) is 7.44. The second-order valence-corrected chi connectivity index (χ2v) is 4.42. The average Bonchev–Trinajstić information content (AvgIpc) is 2.09. The quantitative estimate of drug-likeness (QED) is 0.548. The van der Waals surface area contributed by atoms with Crippen molar-refractivity contribution in [3.63, 3.8) is 0 Å². The first-order chi connectivity index (χ1) is 6.85. The molecule has 3 nitrogen and oxygen atoms in total. The Morgan fingerprint density at radius 2 is 1.67 bits per heavy atom. The molecular formula is C12H20N2O. The van der Waals surface area contributed by atoms with E-state index in [2.05, 4.69) is 5.32 Å². The summed E-state index contributed by atoms with van der Waals surface area (Å²) in [6, 6.07) is 7.79. The monoisotopic (exact) mass is 208 g/mol. The summed E-state index contributed by atoms with van der Waals surface area (Å²) < 4.78 is 0. The number of nitrogen functional groups attached to an aromatic ring is 1. The van der Waals surface area contributed by atoms with E-state index in [1.165, 1.54) is 5.56 Å². The van der Waals surface area contributed by atoms with E-state index in [1.807, 2.05) is 52.0 Å². The Balaban J connectivity index is 0.000000265. The number of amides is 1. The Morgan fingerprint density at radius 1 is 1.20 bits per heavy atom. The smallest absolute Gasteiger partial charge is 0.207 e. The average molecular weight is 208 g/mol. The summed E-state index contributed by atoms with van der Waals surface area (Å²) in [5.74, 6) is 0. The van der Waals surface area contributed by atoms with E-state index in [1.54, 1.807) is 0 Å². The van der Waals surface area contributed by atoms with E-state index in [0.717, 1.165) is 5.69 Å². The van der Waals surface area contributed by atoms with E-state index in [0.29, 0.717) is 6.41 Å². The van der Waals surface area contributed by atoms with Gasteiger partial charge in [0, 0.05) is 11.2 Å². The molecule has 1 amide bonds. The topological polar surface area (TPSA) is 55.1 Å². The van der Waals surface area contributed by atoms with Crippen molar-refractivity contribution in [1.82, 2.24) is 5.32 Å². The molecule has 15 heavy (non-hydrogen) atoms. The highest BCUT2D eigenvalue weighted by Crippen LogP contribution is 2.02. The second kappa shape index (κ2) is 6.06. The van der Waals surface area contributed by atoms with Crippen LogP contribution in [-0.4, -0.2) is 11.9 Å². The van der Waals surface area contributed by atoms with E-state index in [4.69, 9.17) is 5.73 Å². The molecule has 0 aliphatic heterocycles. The van der Waals surface area contributed by atoms with Gasteiger partial charge < -0.3 is 11.1 Å². The zero-order chi connectivity index (χ0) is 11.9. The standard InChI is InChI=1S/C7H9N.C5H11NO/c1-6-2-4-7(8)5-3-6;1-5(2,3)6-4-7/h2-5H,8H2,1H3;4H,1-3H3,(H,6,7). The van der Waals surface area contributed by atoms with Gasteiger partial charge in [0.1, 0.15) is 0 Å². The lowest BCUT2D eigenvalue weighted by molar-refractivity contribution is -0.110. The molecule has 1 aromatic carbocycles. The van der Waals surface area contributed by atoms with E-state index in [-0.39, 0.29) is 5.54 Å². The number of carbonyl (C=O) groups is 1. The van der Waals surface area contributed by atoms with Crippen molar-refractivity contribution in [3.8, 4) is 0 Å². The van der Waals surface area contributed by atoms with Crippen molar-refractivity contribution in [2.45, 2.75) is 33.2 Å². The van der Waals surface area contributed by atoms with Gasteiger partial charge >= 0.3 is 0 Å². The van der Waals surface area contributed by atoms with Gasteiger partial charge in [-0.05, 0) is 39.8 Å². The van der Waals surface area contributed by atoms with Crippen molar-refractivity contribution in [2.24, 2.45) is 0 Å². The molecule has 0 aromatic heterocycles. The zero-order valence-corrected chi connectivity index (χ0v) is 9.87. The fourth-order valence-corrected chi connectivity index (χ4v) is 0.743. The highest BCUT2D eigenvalue weighted by atomic mass is 16.1. The SMILES string of the molecule is CC(C)(C)NC=O.Cc1ccc(N)cc1. The number of nitrogens with two attached hydrogens (primary N) is 1. The lowest BCUT2D eigenvalue weighted by atomic mass is 10.1. The molecule has 84 valence electrons. The number of benzene rings is 1. The van der Waals surface area contributed by atoms with Crippen LogP contribution in [0.3, 0.4) is 0 Å². The summed E-state index contributed by atoms with van der Waals surface area (Å²) in [6.45, 7) is 7.84. The lowest BCUT2D eigenvalue weighted by Crippen LogP contribution is -2.34. The summed E-state index contributed by atoms with van der Waals surface area (Å²) >= 11 is 0. The number of carbonyl (C=O) groups excluding carboxylic acids is 1. The summed E-state index contributed by atoms with van der Waals surface area (Å²) in [7, 11) is 0. The molecular weight excluding hydrogens is 188 g/mol. The van der Waals surface area contributed by atoms with Gasteiger partial charge in [-0.15, -0.1) is 0 Å². The summed E-state index contributed by atoms with van der Waals surface area (Å²) in [5, 5.41) is 2.60. The molecule has 0 radical (unpaired) electrons. The number of nitrogens with one attached hydrogen (secondary N) is 1. The maximum Gasteiger partial charge on any atom is 0.207 e. The molecule has 1 aromatic rings. The lowest BCUT2D eigenvalue weighted by Gasteiger charge is -2.15. The van der Waals surface area contributed by atoms with Crippen LogP contribution >= 0.6 is 0 Å². The largest absolute Gasteiger partial charge is 0.399 e. The van der Waals surface area contributed by atoms with Gasteiger partial charge in [0.15, 0.2) is 0 Å². The third-order valence-electron chi connectivity index (χ3n) is 1.57. The number of hydrogen-bond donors (Lipinski definition) is 2. The molecule has 0 bridgehead atoms. The van der Waals surface area contributed by atoms with Crippen molar-refractivity contribution < 1.29 is 4.79 Å². The molecule has 0 aliphatic rings. The van der Waals surface area contributed by atoms with Crippen LogP contribution in [0, 0.1) is 6.92 Å². The fraction of sp³-hybridized carbons (Fsp3) is 0.417. The van der Waals surface area contributed by atoms with Gasteiger partial charge in [-0.3, -0.25) is 4.79 Å². The van der Waals surface area contributed by atoms with Crippen molar-refractivity contribution in [1.29, 1.82) is 0 Å². The minimum atomic E-state index is -0.0677. The fourth-order valence-electron chi connectivity index (χ4n) is 0.743. The first kappa shape index (κ1) is 13.5. The minimum absolute atomic E-state index is 0.0677. The molecule has 3 heteroatoms. The Hall–Kier alpha value is -1.51. The highest BCUT2D eigenvalue weighted by molar-refractivity contribution is 5.47. The molecule has 0 heterocycles. The van der Waals surface area contributed by atoms with Crippen LogP contribution in [0.25, 0.3) is 0 Å². The summed E-state index contributed by atoms with van der Waals surface area (Å²) in [4.78, 5) is 9.71. The van der Waals surface area contributed by atoms with E-state index in [9.17, 15) is 4.79 Å². The van der Waals surface area contributed by atoms with E-state index >= 15 is 0 Å². The van der Waals surface area contributed by atoms with Gasteiger partial charge in [-0.1, -0.05) is 17.7 Å². The van der Waals surface area contributed by atoms with Gasteiger partial charge in [0.25, 0.3) is 0 Å². The van der Waals surface area contributed by atoms with Gasteiger partial charge in [-0.2, -0.15) is 0 Å². The summed E-state index contributed by atoms with van der Waals surface area (Å²) in [6.07, 6.45) is 0.708. The Morgan fingerprint density at radius 3 is 1.87 bits per heavy atom. The van der Waals surface area contributed by atoms with Crippen molar-refractivity contribution in [3.05, 3.63) is 29.8 Å². The first-order valence-corrected chi connectivity index (χ1v) is 4.88. The second-order valence-electron chi connectivity index (χ2n) is 4.42. The third kappa shape index (κ3) is 8.81. The normalized spacial score (nSPS) is 9.87. The van der Waals surface area contributed by atoms with Crippen LogP contribution in [-0.2, 0) is 4.79 Å². The Kier molecular flexibility index (Phi) is 5.45. The molecule has 0 atom stereocenters. The van der Waals surface area contributed by atoms with Crippen molar-refractivity contribution in [2.75, 3.05) is 5.73 Å². The maximum atomic E-state index is 9.71. The number of hydrogen-bond acceptors (Lipinski definition) is 2. The van der Waals surface area contributed by atoms with Crippen LogP contribution in [0.4, 0.5) is 5.69 Å². The van der Waals surface area contributed by atoms with E-state index < -0.39 is 0 Å². The predicted molar refractivity (Wildman–Crippen MR) is 64.5 cm³/mol. The first-order valence-electron chi connectivity index (χ1n) is 4.88. The minimum Gasteiger partial charge on any atom is -0.399 e. The maximum absolute atomic E-state index is 9.71. The Bertz CT molecular complexity index is 264. The Labute approximate surface area is 91.7 Å². The van der Waals surface area contributed by atoms with Gasteiger partial charge in [0.2, 0.25) is 6.41 Å². The molecule has 0 spiro atoms. The van der Waals surface area contributed by atoms with Crippen LogP contribution in [0.5, 0.6) is 0 Å². The van der Waals surface area contributed by atoms with Crippen molar-refractivity contribution >= 4 is 12.1 Å². The van der Waals surface area contributed by atoms with Crippen LogP contribution < -0.4 is 11.1 Å². The number of rotatable bonds is 1. The van der Waals surface area contributed by atoms with Crippen LogP contribution in [0.1, 0.15) is 26.3 Å². The molecule has 0 saturated heterocycles. The molecule has 0 unspecified atom stereocenters. The molecule has 0 fully saturated rings. The van der Waals surface area contributed by atoms with Crippen LogP contribution in [0.15, 0.2) is 24.3 Å². The highest BCUT2D eigenvalue weighted by Gasteiger charge is 2.04. The number of anilines is 1. The van der Waals surface area contributed by atoms with Gasteiger partial charge in [0.05, 0.1) is 0 Å². The van der Waals surface area contributed by atoms with Crippen LogP contribution in [0.2, 0.25) is 0 Å². The zero-order valence-electron chi connectivity index (χ0n) is 9.87. The molecule has 3 N–H and O–H groups in total. The van der Waals surface area contributed by atoms with Gasteiger partial charge in [-0.25, -0.2) is 0 Å². The molecule has 1 rings (SSSR count). The molecule has 0 aliphatic carbocycles. The number of aryl methyl sites for hydroxylation is 1. The third-order valence-corrected chi connectivity index (χ3v) is 1.57. The molecule has 0 saturated carbocycles.